The average molecular weight is 507 g/mol. The second kappa shape index (κ2) is 10.7. The number of carbonyl (C=O) groups excluding carboxylic acids is 2. The molecule has 1 aromatic carbocycles. The highest BCUT2D eigenvalue weighted by molar-refractivity contribution is 7.12. The summed E-state index contributed by atoms with van der Waals surface area (Å²) >= 11 is 13.7. The molecule has 0 aliphatic rings. The highest BCUT2D eigenvalue weighted by Gasteiger charge is 2.24. The van der Waals surface area contributed by atoms with Gasteiger partial charge in [-0.25, -0.2) is 4.68 Å². The number of amides is 2. The monoisotopic (exact) mass is 506 g/mol. The molecule has 0 fully saturated rings. The summed E-state index contributed by atoms with van der Waals surface area (Å²) in [5, 5.41) is 10.3. The summed E-state index contributed by atoms with van der Waals surface area (Å²) in [4.78, 5) is 28.2. The van der Waals surface area contributed by atoms with Gasteiger partial charge in [-0.1, -0.05) is 63.4 Å². The van der Waals surface area contributed by atoms with Crippen LogP contribution in [0.4, 0.5) is 5.82 Å². The van der Waals surface area contributed by atoms with Gasteiger partial charge in [0, 0.05) is 18.0 Å². The quantitative estimate of drug-likeness (QED) is 0.383. The summed E-state index contributed by atoms with van der Waals surface area (Å²) in [6.07, 6.45) is 1.74. The first kappa shape index (κ1) is 25.3. The number of hydrogen-bond donors (Lipinski definition) is 1. The van der Waals surface area contributed by atoms with Crippen LogP contribution in [0.2, 0.25) is 10.0 Å². The second-order valence-corrected chi connectivity index (χ2v) is 10.5. The lowest BCUT2D eigenvalue weighted by molar-refractivity contribution is -0.116. The first-order chi connectivity index (χ1) is 15.6. The summed E-state index contributed by atoms with van der Waals surface area (Å²) in [5.74, 6) is 0.0713. The average Bonchev–Trinajstić information content (AvgIpc) is 3.43. The molecule has 2 amide bonds. The molecule has 0 bridgehead atoms. The van der Waals surface area contributed by atoms with Crippen LogP contribution in [0.5, 0.6) is 0 Å². The van der Waals surface area contributed by atoms with Crippen LogP contribution >= 0.6 is 34.5 Å². The second-order valence-electron chi connectivity index (χ2n) is 8.78. The molecule has 0 saturated carbocycles. The number of rotatable bonds is 8. The molecule has 2 heterocycles. The van der Waals surface area contributed by atoms with Crippen molar-refractivity contribution in [1.29, 1.82) is 0 Å². The molecule has 1 N–H and O–H groups in total. The zero-order valence-electron chi connectivity index (χ0n) is 19.2. The van der Waals surface area contributed by atoms with Crippen molar-refractivity contribution in [3.8, 4) is 5.69 Å². The lowest BCUT2D eigenvalue weighted by atomic mass is 9.92. The van der Waals surface area contributed by atoms with Crippen LogP contribution in [0.1, 0.15) is 55.9 Å². The summed E-state index contributed by atoms with van der Waals surface area (Å²) in [7, 11) is 0. The third kappa shape index (κ3) is 6.37. The molecule has 2 aromatic heterocycles. The minimum Gasteiger partial charge on any atom is -0.329 e. The molecular formula is C24H28Cl2N4O2S. The van der Waals surface area contributed by atoms with Crippen LogP contribution in [-0.4, -0.2) is 39.6 Å². The lowest BCUT2D eigenvalue weighted by Crippen LogP contribution is -2.38. The fraction of sp³-hybridized carbons (Fsp3) is 0.375. The summed E-state index contributed by atoms with van der Waals surface area (Å²) < 4.78 is 1.64. The van der Waals surface area contributed by atoms with Gasteiger partial charge in [-0.3, -0.25) is 9.59 Å². The number of halogens is 2. The van der Waals surface area contributed by atoms with Gasteiger partial charge in [0.1, 0.15) is 12.4 Å². The van der Waals surface area contributed by atoms with E-state index in [1.807, 2.05) is 38.3 Å². The number of aromatic nitrogens is 2. The number of carbonyl (C=O) groups is 2. The van der Waals surface area contributed by atoms with E-state index in [-0.39, 0.29) is 23.8 Å². The van der Waals surface area contributed by atoms with Gasteiger partial charge in [0.05, 0.1) is 26.3 Å². The Morgan fingerprint density at radius 2 is 1.91 bits per heavy atom. The van der Waals surface area contributed by atoms with Crippen molar-refractivity contribution in [1.82, 2.24) is 14.7 Å². The van der Waals surface area contributed by atoms with Crippen molar-refractivity contribution in [2.24, 2.45) is 0 Å². The van der Waals surface area contributed by atoms with E-state index in [0.29, 0.717) is 33.0 Å². The van der Waals surface area contributed by atoms with E-state index < -0.39 is 0 Å². The number of hydrogen-bond acceptors (Lipinski definition) is 4. The maximum Gasteiger partial charge on any atom is 0.264 e. The van der Waals surface area contributed by atoms with Gasteiger partial charge in [0.25, 0.3) is 5.91 Å². The number of benzene rings is 1. The Bertz CT molecular complexity index is 1120. The van der Waals surface area contributed by atoms with E-state index in [4.69, 9.17) is 28.3 Å². The minimum atomic E-state index is -0.294. The molecule has 0 atom stereocenters. The SMILES string of the molecule is CCCCN(CC(=O)Nc1cc(C(C)(C)C)nn1-c1ccc(Cl)c(Cl)c1)C(=O)c1cccs1. The topological polar surface area (TPSA) is 67.2 Å². The third-order valence-corrected chi connectivity index (χ3v) is 6.63. The van der Waals surface area contributed by atoms with E-state index in [1.165, 1.54) is 11.3 Å². The molecule has 0 saturated heterocycles. The van der Waals surface area contributed by atoms with Crippen LogP contribution in [-0.2, 0) is 10.2 Å². The van der Waals surface area contributed by atoms with E-state index in [2.05, 4.69) is 12.2 Å². The minimum absolute atomic E-state index is 0.0475. The van der Waals surface area contributed by atoms with Crippen LogP contribution in [0.25, 0.3) is 5.69 Å². The summed E-state index contributed by atoms with van der Waals surface area (Å²) in [5.41, 5.74) is 1.25. The summed E-state index contributed by atoms with van der Waals surface area (Å²) in [6.45, 7) is 8.66. The van der Waals surface area contributed by atoms with Gasteiger partial charge in [-0.2, -0.15) is 5.10 Å². The highest BCUT2D eigenvalue weighted by atomic mass is 35.5. The fourth-order valence-electron chi connectivity index (χ4n) is 3.16. The first-order valence-electron chi connectivity index (χ1n) is 10.8. The van der Waals surface area contributed by atoms with E-state index in [9.17, 15) is 9.59 Å². The van der Waals surface area contributed by atoms with Gasteiger partial charge in [0.15, 0.2) is 0 Å². The lowest BCUT2D eigenvalue weighted by Gasteiger charge is -2.21. The van der Waals surface area contributed by atoms with Gasteiger partial charge in [-0.15, -0.1) is 11.3 Å². The molecule has 0 unspecified atom stereocenters. The van der Waals surface area contributed by atoms with Gasteiger partial charge < -0.3 is 10.2 Å². The van der Waals surface area contributed by atoms with Crippen LogP contribution in [0, 0.1) is 0 Å². The van der Waals surface area contributed by atoms with E-state index >= 15 is 0 Å². The number of nitrogens with zero attached hydrogens (tertiary/aromatic N) is 3. The molecule has 6 nitrogen and oxygen atoms in total. The normalized spacial score (nSPS) is 11.5. The fourth-order valence-corrected chi connectivity index (χ4v) is 4.15. The van der Waals surface area contributed by atoms with Crippen LogP contribution in [0.3, 0.4) is 0 Å². The van der Waals surface area contributed by atoms with E-state index in [1.54, 1.807) is 33.8 Å². The van der Waals surface area contributed by atoms with Crippen molar-refractivity contribution in [2.45, 2.75) is 46.0 Å². The maximum absolute atomic E-state index is 13.0. The molecule has 0 spiro atoms. The Kier molecular flexibility index (Phi) is 8.21. The standard InChI is InChI=1S/C24H28Cl2N4O2S/c1-5-6-11-29(23(32)19-8-7-12-33-19)15-22(31)27-21-14-20(24(2,3)4)28-30(21)16-9-10-17(25)18(26)13-16/h7-10,12-14H,5-6,11,15H2,1-4H3,(H,27,31). The molecule has 0 aliphatic heterocycles. The number of unbranched alkanes of at least 4 members (excludes halogenated alkanes) is 1. The smallest absolute Gasteiger partial charge is 0.264 e. The Morgan fingerprint density at radius 3 is 2.52 bits per heavy atom. The molecule has 3 rings (SSSR count). The predicted molar refractivity (Wildman–Crippen MR) is 136 cm³/mol. The van der Waals surface area contributed by atoms with Crippen LogP contribution < -0.4 is 5.32 Å². The molecule has 3 aromatic rings. The number of nitrogens with one attached hydrogen (secondary N) is 1. The molecule has 0 radical (unpaired) electrons. The Morgan fingerprint density at radius 1 is 1.15 bits per heavy atom. The summed E-state index contributed by atoms with van der Waals surface area (Å²) in [6, 6.07) is 10.6. The van der Waals surface area contributed by atoms with E-state index in [0.717, 1.165) is 18.5 Å². The number of thiophene rings is 1. The van der Waals surface area contributed by atoms with Crippen LogP contribution in [0.15, 0.2) is 41.8 Å². The van der Waals surface area contributed by atoms with Gasteiger partial charge in [0.2, 0.25) is 5.91 Å². The molecule has 33 heavy (non-hydrogen) atoms. The zero-order chi connectivity index (χ0) is 24.2. The largest absolute Gasteiger partial charge is 0.329 e. The van der Waals surface area contributed by atoms with Crippen molar-refractivity contribution < 1.29 is 9.59 Å². The third-order valence-electron chi connectivity index (χ3n) is 5.03. The number of anilines is 1. The van der Waals surface area contributed by atoms with Gasteiger partial charge >= 0.3 is 0 Å². The zero-order valence-corrected chi connectivity index (χ0v) is 21.5. The highest BCUT2D eigenvalue weighted by Crippen LogP contribution is 2.29. The van der Waals surface area contributed by atoms with Gasteiger partial charge in [-0.05, 0) is 36.1 Å². The molecular weight excluding hydrogens is 479 g/mol. The van der Waals surface area contributed by atoms with Crippen molar-refractivity contribution in [3.05, 3.63) is 62.4 Å². The van der Waals surface area contributed by atoms with Crippen molar-refractivity contribution >= 4 is 52.2 Å². The molecule has 9 heteroatoms. The van der Waals surface area contributed by atoms with Crippen molar-refractivity contribution in [3.63, 3.8) is 0 Å². The maximum atomic E-state index is 13.0. The predicted octanol–water partition coefficient (Wildman–Crippen LogP) is 6.42. The van der Waals surface area contributed by atoms with Crippen molar-refractivity contribution in [2.75, 3.05) is 18.4 Å². The Labute approximate surface area is 208 Å². The Hall–Kier alpha value is -2.35. The first-order valence-corrected chi connectivity index (χ1v) is 12.4. The molecule has 0 aliphatic carbocycles. The Balaban J connectivity index is 1.87. The molecule has 176 valence electrons.